The average Bonchev–Trinajstić information content (AvgIpc) is 0.885. The van der Waals surface area contributed by atoms with E-state index in [0.717, 1.165) is 44.9 Å². The molecule has 0 saturated carbocycles. The molecule has 0 aromatic rings. The fourth-order valence-electron chi connectivity index (χ4n) is 12.5. The summed E-state index contributed by atoms with van der Waals surface area (Å²) in [6.45, 7) is 1.73. The summed E-state index contributed by atoms with van der Waals surface area (Å²) >= 11 is 0. The Morgan fingerprint density at radius 2 is 0.703 bits per heavy atom. The summed E-state index contributed by atoms with van der Waals surface area (Å²) in [5, 5.41) is 121. The van der Waals surface area contributed by atoms with Crippen molar-refractivity contribution in [3.05, 3.63) is 36.5 Å². The lowest BCUT2D eigenvalue weighted by Crippen LogP contribution is -2.66. The zero-order valence-electron chi connectivity index (χ0n) is 56.6. The second-order valence-electron chi connectivity index (χ2n) is 26.4. The third-order valence-electron chi connectivity index (χ3n) is 18.4. The summed E-state index contributed by atoms with van der Waals surface area (Å²) in [7, 11) is 0. The van der Waals surface area contributed by atoms with Crippen LogP contribution in [-0.2, 0) is 33.2 Å². The maximum absolute atomic E-state index is 13.4. The van der Waals surface area contributed by atoms with E-state index < -0.39 is 124 Å². The number of unbranched alkanes of at least 4 members (excludes halogenated alkanes) is 37. The van der Waals surface area contributed by atoms with E-state index in [4.69, 9.17) is 28.4 Å². The van der Waals surface area contributed by atoms with Gasteiger partial charge in [-0.3, -0.25) is 4.79 Å². The topological polar surface area (TPSA) is 307 Å². The van der Waals surface area contributed by atoms with Gasteiger partial charge in [0, 0.05) is 6.42 Å². The molecular weight excluding hydrogens is 1170 g/mol. The van der Waals surface area contributed by atoms with Crippen molar-refractivity contribution in [2.45, 2.75) is 388 Å². The molecule has 0 radical (unpaired) electrons. The molecule has 0 aromatic heterocycles. The second-order valence-corrected chi connectivity index (χ2v) is 26.4. The number of aliphatic hydroxyl groups is 11. The number of carbonyl (C=O) groups excluding carboxylic acids is 1. The number of hydrogen-bond acceptors (Lipinski definition) is 18. The van der Waals surface area contributed by atoms with Crippen LogP contribution in [0.15, 0.2) is 36.5 Å². The molecule has 3 heterocycles. The molecule has 3 aliphatic heterocycles. The quantitative estimate of drug-likeness (QED) is 0.0199. The van der Waals surface area contributed by atoms with Crippen LogP contribution in [0.1, 0.15) is 284 Å². The molecule has 19 heteroatoms. The van der Waals surface area contributed by atoms with Crippen LogP contribution in [0, 0.1) is 0 Å². The van der Waals surface area contributed by atoms with Crippen molar-refractivity contribution >= 4 is 5.91 Å². The van der Waals surface area contributed by atoms with Gasteiger partial charge in [-0.2, -0.15) is 0 Å². The lowest BCUT2D eigenvalue weighted by Gasteiger charge is -2.48. The van der Waals surface area contributed by atoms with Crippen molar-refractivity contribution in [3.63, 3.8) is 0 Å². The maximum Gasteiger partial charge on any atom is 0.220 e. The average molecular weight is 1300 g/mol. The van der Waals surface area contributed by atoms with Gasteiger partial charge in [0.2, 0.25) is 5.91 Å². The molecule has 17 atom stereocenters. The predicted octanol–water partition coefficient (Wildman–Crippen LogP) is 10.4. The number of nitrogens with one attached hydrogen (secondary N) is 1. The molecule has 0 bridgehead atoms. The number of carbonyl (C=O) groups is 1. The van der Waals surface area contributed by atoms with E-state index in [2.05, 4.69) is 43.5 Å². The molecule has 3 rings (SSSR count). The van der Waals surface area contributed by atoms with Gasteiger partial charge in [-0.1, -0.05) is 269 Å². The molecule has 17 unspecified atom stereocenters. The number of amides is 1. The van der Waals surface area contributed by atoms with Crippen molar-refractivity contribution < 1.29 is 89.4 Å². The van der Waals surface area contributed by atoms with E-state index in [1.807, 2.05) is 6.08 Å². The highest BCUT2D eigenvalue weighted by Gasteiger charge is 2.53. The second kappa shape index (κ2) is 54.1. The van der Waals surface area contributed by atoms with E-state index in [9.17, 15) is 61.0 Å². The molecule has 3 saturated heterocycles. The van der Waals surface area contributed by atoms with Gasteiger partial charge in [0.15, 0.2) is 18.9 Å². The number of ether oxygens (including phenoxy) is 6. The van der Waals surface area contributed by atoms with Gasteiger partial charge in [-0.15, -0.1) is 0 Å². The van der Waals surface area contributed by atoms with E-state index in [0.29, 0.717) is 12.8 Å². The van der Waals surface area contributed by atoms with Crippen molar-refractivity contribution in [2.75, 3.05) is 26.4 Å². The first-order valence-electron chi connectivity index (χ1n) is 36.7. The largest absolute Gasteiger partial charge is 0.394 e. The predicted molar refractivity (Wildman–Crippen MR) is 356 cm³/mol. The Balaban J connectivity index is 1.40. The Labute approximate surface area is 549 Å². The Morgan fingerprint density at radius 1 is 0.385 bits per heavy atom. The van der Waals surface area contributed by atoms with E-state index in [-0.39, 0.29) is 18.9 Å². The highest BCUT2D eigenvalue weighted by Crippen LogP contribution is 2.33. The van der Waals surface area contributed by atoms with Gasteiger partial charge >= 0.3 is 0 Å². The van der Waals surface area contributed by atoms with Crippen LogP contribution >= 0.6 is 0 Å². The maximum atomic E-state index is 13.4. The summed E-state index contributed by atoms with van der Waals surface area (Å²) in [6, 6.07) is -0.994. The van der Waals surface area contributed by atoms with Crippen LogP contribution in [0.2, 0.25) is 0 Å². The smallest absolute Gasteiger partial charge is 0.220 e. The van der Waals surface area contributed by atoms with Crippen molar-refractivity contribution in [1.82, 2.24) is 5.32 Å². The van der Waals surface area contributed by atoms with Gasteiger partial charge in [0.25, 0.3) is 0 Å². The summed E-state index contributed by atoms with van der Waals surface area (Å²) < 4.78 is 34.3. The third kappa shape index (κ3) is 35.7. The number of aliphatic hydroxyl groups excluding tert-OH is 11. The van der Waals surface area contributed by atoms with Crippen molar-refractivity contribution in [1.29, 1.82) is 0 Å². The zero-order chi connectivity index (χ0) is 66.1. The van der Waals surface area contributed by atoms with Gasteiger partial charge in [-0.05, 0) is 44.9 Å². The highest BCUT2D eigenvalue weighted by atomic mass is 16.8. The molecule has 91 heavy (non-hydrogen) atoms. The van der Waals surface area contributed by atoms with E-state index in [1.165, 1.54) is 205 Å². The lowest BCUT2D eigenvalue weighted by atomic mass is 9.96. The first kappa shape index (κ1) is 83.2. The van der Waals surface area contributed by atoms with Crippen molar-refractivity contribution in [2.24, 2.45) is 0 Å². The SMILES string of the molecule is CCCCCCCCC/C=C/CC/C=C/CC/C=C/C(O)C(COC1OC(CO)C(OC2OC(CO)C(OC3OC(CO)C(O)C(O)C3O)C(O)C2O)C(O)C1O)NC(=O)CCCCCCCCCCCCCCCCCCCCCCCCCCCCCCC. The normalized spacial score (nSPS) is 28.0. The summed E-state index contributed by atoms with van der Waals surface area (Å²) in [4.78, 5) is 13.4. The monoisotopic (exact) mass is 1300 g/mol. The number of hydrogen-bond donors (Lipinski definition) is 12. The molecule has 3 fully saturated rings. The molecule has 534 valence electrons. The van der Waals surface area contributed by atoms with Gasteiger partial charge < -0.3 is 89.9 Å². The molecule has 3 aliphatic rings. The van der Waals surface area contributed by atoms with Crippen LogP contribution in [0.3, 0.4) is 0 Å². The first-order valence-corrected chi connectivity index (χ1v) is 36.7. The van der Waals surface area contributed by atoms with E-state index >= 15 is 0 Å². The van der Waals surface area contributed by atoms with Crippen LogP contribution in [-0.4, -0.2) is 193 Å². The standard InChI is InChI=1S/C72H133NO18/c1-3-5-7-9-11-13-15-17-19-21-22-23-24-25-26-27-28-29-30-31-32-34-36-38-40-42-44-46-48-50-60(78)73-55(56(77)49-47-45-43-41-39-37-35-33-20-18-16-14-12-10-8-6-4-2)54-86-70-66(84)63(81)68(58(52-75)88-70)91-72-67(85)64(82)69(59(53-76)89-72)90-71-65(83)62(80)61(79)57(51-74)87-71/h20,33,39,41,47,49,55-59,61-72,74-77,79-85H,3-19,21-32,34-38,40,42-46,48,50-54H2,1-2H3,(H,73,78)/b33-20+,41-39+,49-47+. The molecular formula is C72H133NO18. The molecule has 0 aromatic carbocycles. The van der Waals surface area contributed by atoms with Gasteiger partial charge in [0.1, 0.15) is 73.2 Å². The fraction of sp³-hybridized carbons (Fsp3) is 0.903. The molecule has 19 nitrogen and oxygen atoms in total. The molecule has 1 amide bonds. The Hall–Kier alpha value is -1.99. The summed E-state index contributed by atoms with van der Waals surface area (Å²) in [5.41, 5.74) is 0. The molecule has 12 N–H and O–H groups in total. The lowest BCUT2D eigenvalue weighted by molar-refractivity contribution is -0.379. The Kier molecular flexibility index (Phi) is 49.5. The Morgan fingerprint density at radius 3 is 1.10 bits per heavy atom. The minimum absolute atomic E-state index is 0.236. The Bertz CT molecular complexity index is 1790. The number of rotatable bonds is 57. The summed E-state index contributed by atoms with van der Waals surface area (Å²) in [6.07, 6.45) is 37.1. The van der Waals surface area contributed by atoms with Gasteiger partial charge in [0.05, 0.1) is 38.6 Å². The van der Waals surface area contributed by atoms with Crippen LogP contribution in [0.4, 0.5) is 0 Å². The first-order chi connectivity index (χ1) is 44.3. The highest BCUT2D eigenvalue weighted by molar-refractivity contribution is 5.76. The summed E-state index contributed by atoms with van der Waals surface area (Å²) in [5.74, 6) is -0.285. The molecule has 0 aliphatic carbocycles. The zero-order valence-corrected chi connectivity index (χ0v) is 56.6. The van der Waals surface area contributed by atoms with E-state index in [1.54, 1.807) is 6.08 Å². The van der Waals surface area contributed by atoms with Crippen molar-refractivity contribution in [3.8, 4) is 0 Å². The van der Waals surface area contributed by atoms with Crippen LogP contribution in [0.25, 0.3) is 0 Å². The van der Waals surface area contributed by atoms with Gasteiger partial charge in [-0.25, -0.2) is 0 Å². The van der Waals surface area contributed by atoms with Crippen LogP contribution < -0.4 is 5.32 Å². The fourth-order valence-corrected chi connectivity index (χ4v) is 12.5. The number of allylic oxidation sites excluding steroid dienone is 5. The van der Waals surface area contributed by atoms with Crippen LogP contribution in [0.5, 0.6) is 0 Å². The minimum atomic E-state index is -1.98. The third-order valence-corrected chi connectivity index (χ3v) is 18.4. The molecule has 0 spiro atoms. The minimum Gasteiger partial charge on any atom is -0.394 e.